The van der Waals surface area contributed by atoms with Crippen LogP contribution < -0.4 is 5.32 Å². The highest BCUT2D eigenvalue weighted by atomic mass is 79.9. The predicted octanol–water partition coefficient (Wildman–Crippen LogP) is 7.90. The minimum atomic E-state index is -1.18. The number of halogens is 2. The lowest BCUT2D eigenvalue weighted by molar-refractivity contribution is 0.0773. The van der Waals surface area contributed by atoms with Crippen LogP contribution in [0.15, 0.2) is 53.0 Å². The van der Waals surface area contributed by atoms with Crippen molar-refractivity contribution in [1.82, 2.24) is 9.78 Å². The van der Waals surface area contributed by atoms with Crippen LogP contribution >= 0.6 is 27.5 Å². The van der Waals surface area contributed by atoms with Crippen molar-refractivity contribution in [2.75, 3.05) is 11.9 Å². The first kappa shape index (κ1) is 26.5. The molecule has 0 bridgehead atoms. The van der Waals surface area contributed by atoms with E-state index in [0.717, 1.165) is 27.3 Å². The standard InChI is InChI=1S/C25H31BrClN3O3Si/c1-17-23(28-25(31)33-18(2)21-8-6-7-9-22(21)27)24(19-10-12-20(26)13-11-19)29-30(17)16-32-14-15-34(3,4)5/h6-13,18H,14-16H2,1-5H3,(H,28,31)/t18-/m1/s1. The van der Waals surface area contributed by atoms with Crippen molar-refractivity contribution in [3.63, 3.8) is 0 Å². The smallest absolute Gasteiger partial charge is 0.412 e. The summed E-state index contributed by atoms with van der Waals surface area (Å²) in [6.45, 7) is 11.6. The van der Waals surface area contributed by atoms with Gasteiger partial charge in [0.15, 0.2) is 0 Å². The molecular weight excluding hydrogens is 534 g/mol. The van der Waals surface area contributed by atoms with Gasteiger partial charge in [-0.25, -0.2) is 9.48 Å². The summed E-state index contributed by atoms with van der Waals surface area (Å²) in [7, 11) is -1.18. The first-order valence-corrected chi connectivity index (χ1v) is 16.1. The van der Waals surface area contributed by atoms with Gasteiger partial charge in [-0.1, -0.05) is 77.5 Å². The summed E-state index contributed by atoms with van der Waals surface area (Å²) in [6, 6.07) is 16.2. The summed E-state index contributed by atoms with van der Waals surface area (Å²) < 4.78 is 14.3. The highest BCUT2D eigenvalue weighted by molar-refractivity contribution is 9.10. The first-order chi connectivity index (χ1) is 16.0. The monoisotopic (exact) mass is 563 g/mol. The van der Waals surface area contributed by atoms with Crippen LogP contribution in [0.2, 0.25) is 30.7 Å². The number of ether oxygens (including phenoxy) is 2. The zero-order valence-corrected chi connectivity index (χ0v) is 23.5. The van der Waals surface area contributed by atoms with Crippen LogP contribution in [0, 0.1) is 6.92 Å². The quantitative estimate of drug-likeness (QED) is 0.212. The van der Waals surface area contributed by atoms with E-state index in [1.807, 2.05) is 49.4 Å². The number of carbonyl (C=O) groups excluding carboxylic acids is 1. The molecule has 1 heterocycles. The van der Waals surface area contributed by atoms with Gasteiger partial charge in [0.2, 0.25) is 0 Å². The van der Waals surface area contributed by atoms with Crippen LogP contribution in [-0.4, -0.2) is 30.6 Å². The van der Waals surface area contributed by atoms with E-state index in [9.17, 15) is 4.79 Å². The second-order valence-electron chi connectivity index (χ2n) is 9.36. The number of rotatable bonds is 9. The van der Waals surface area contributed by atoms with Crippen molar-refractivity contribution in [3.8, 4) is 11.3 Å². The molecule has 1 aromatic heterocycles. The third-order valence-corrected chi connectivity index (χ3v) is 7.97. The maximum absolute atomic E-state index is 12.8. The van der Waals surface area contributed by atoms with Crippen molar-refractivity contribution in [2.24, 2.45) is 0 Å². The molecule has 3 aromatic rings. The molecule has 0 fully saturated rings. The van der Waals surface area contributed by atoms with Crippen molar-refractivity contribution >= 4 is 47.4 Å². The van der Waals surface area contributed by atoms with E-state index >= 15 is 0 Å². The Morgan fingerprint density at radius 1 is 1.18 bits per heavy atom. The van der Waals surface area contributed by atoms with Crippen LogP contribution in [0.1, 0.15) is 24.3 Å². The summed E-state index contributed by atoms with van der Waals surface area (Å²) >= 11 is 9.72. The fraction of sp³-hybridized carbons (Fsp3) is 0.360. The van der Waals surface area contributed by atoms with Crippen LogP contribution in [0.5, 0.6) is 0 Å². The Morgan fingerprint density at radius 3 is 2.50 bits per heavy atom. The number of carbonyl (C=O) groups is 1. The molecule has 0 unspecified atom stereocenters. The Hall–Kier alpha value is -2.13. The van der Waals surface area contributed by atoms with Gasteiger partial charge >= 0.3 is 6.09 Å². The minimum Gasteiger partial charge on any atom is -0.441 e. The molecule has 34 heavy (non-hydrogen) atoms. The van der Waals surface area contributed by atoms with Crippen LogP contribution in [0.25, 0.3) is 11.3 Å². The Morgan fingerprint density at radius 2 is 1.85 bits per heavy atom. The summed E-state index contributed by atoms with van der Waals surface area (Å²) in [5.74, 6) is 0. The van der Waals surface area contributed by atoms with Crippen molar-refractivity contribution < 1.29 is 14.3 Å². The summed E-state index contributed by atoms with van der Waals surface area (Å²) in [4.78, 5) is 12.8. The van der Waals surface area contributed by atoms with Gasteiger partial charge in [0.05, 0.1) is 11.4 Å². The number of benzene rings is 2. The molecule has 9 heteroatoms. The van der Waals surface area contributed by atoms with Gasteiger partial charge in [-0.05, 0) is 38.1 Å². The molecule has 1 amide bonds. The second-order valence-corrected chi connectivity index (χ2v) is 16.3. The number of anilines is 1. The average molecular weight is 565 g/mol. The van der Waals surface area contributed by atoms with Crippen LogP contribution in [0.3, 0.4) is 0 Å². The molecule has 0 aliphatic rings. The molecule has 6 nitrogen and oxygen atoms in total. The van der Waals surface area contributed by atoms with E-state index < -0.39 is 20.3 Å². The highest BCUT2D eigenvalue weighted by Gasteiger charge is 2.21. The maximum Gasteiger partial charge on any atom is 0.412 e. The SMILES string of the molecule is Cc1c(NC(=O)O[C@H](C)c2ccccc2Cl)c(-c2ccc(Br)cc2)nn1COCC[Si](C)(C)C. The number of nitrogens with one attached hydrogen (secondary N) is 1. The van der Waals surface area contributed by atoms with E-state index in [1.165, 1.54) is 0 Å². The molecule has 182 valence electrons. The van der Waals surface area contributed by atoms with E-state index in [2.05, 4.69) is 40.9 Å². The van der Waals surface area contributed by atoms with E-state index in [1.54, 1.807) is 17.7 Å². The zero-order valence-electron chi connectivity index (χ0n) is 20.2. The number of amides is 1. The number of hydrogen-bond donors (Lipinski definition) is 1. The summed E-state index contributed by atoms with van der Waals surface area (Å²) in [5.41, 5.74) is 3.65. The van der Waals surface area contributed by atoms with Gasteiger partial charge in [0, 0.05) is 35.3 Å². The predicted molar refractivity (Wildman–Crippen MR) is 144 cm³/mol. The lowest BCUT2D eigenvalue weighted by Crippen LogP contribution is -2.22. The molecule has 0 radical (unpaired) electrons. The lowest BCUT2D eigenvalue weighted by atomic mass is 10.1. The highest BCUT2D eigenvalue weighted by Crippen LogP contribution is 2.32. The van der Waals surface area contributed by atoms with Crippen LogP contribution in [0.4, 0.5) is 10.5 Å². The average Bonchev–Trinajstić information content (AvgIpc) is 3.06. The maximum atomic E-state index is 12.8. The van der Waals surface area contributed by atoms with Crippen molar-refractivity contribution in [1.29, 1.82) is 0 Å². The third-order valence-electron chi connectivity index (χ3n) is 5.39. The van der Waals surface area contributed by atoms with E-state index in [4.69, 9.17) is 26.2 Å². The van der Waals surface area contributed by atoms with Gasteiger partial charge in [0.1, 0.15) is 18.5 Å². The van der Waals surface area contributed by atoms with E-state index in [-0.39, 0.29) is 0 Å². The zero-order chi connectivity index (χ0) is 24.9. The topological polar surface area (TPSA) is 65.4 Å². The number of nitrogens with zero attached hydrogens (tertiary/aromatic N) is 2. The van der Waals surface area contributed by atoms with Gasteiger partial charge in [-0.15, -0.1) is 0 Å². The molecule has 1 atom stereocenters. The minimum absolute atomic E-state index is 0.312. The largest absolute Gasteiger partial charge is 0.441 e. The van der Waals surface area contributed by atoms with Gasteiger partial charge < -0.3 is 9.47 Å². The summed E-state index contributed by atoms with van der Waals surface area (Å²) in [5, 5.41) is 8.20. The van der Waals surface area contributed by atoms with Crippen LogP contribution in [-0.2, 0) is 16.2 Å². The summed E-state index contributed by atoms with van der Waals surface area (Å²) in [6.07, 6.45) is -1.09. The number of hydrogen-bond acceptors (Lipinski definition) is 4. The lowest BCUT2D eigenvalue weighted by Gasteiger charge is -2.16. The molecule has 0 saturated carbocycles. The fourth-order valence-corrected chi connectivity index (χ4v) is 4.63. The Labute approximate surface area is 215 Å². The van der Waals surface area contributed by atoms with E-state index in [0.29, 0.717) is 29.7 Å². The second kappa shape index (κ2) is 11.5. The van der Waals surface area contributed by atoms with Gasteiger partial charge in [0.25, 0.3) is 0 Å². The molecule has 0 aliphatic carbocycles. The molecule has 1 N–H and O–H groups in total. The first-order valence-electron chi connectivity index (χ1n) is 11.2. The van der Waals surface area contributed by atoms with Crippen molar-refractivity contribution in [2.45, 2.75) is 52.4 Å². The Bertz CT molecular complexity index is 1130. The third kappa shape index (κ3) is 7.18. The molecule has 0 spiro atoms. The molecule has 2 aromatic carbocycles. The Kier molecular flexibility index (Phi) is 8.98. The Balaban J connectivity index is 1.80. The fourth-order valence-electron chi connectivity index (χ4n) is 3.32. The van der Waals surface area contributed by atoms with Crippen molar-refractivity contribution in [3.05, 3.63) is 69.3 Å². The normalized spacial score (nSPS) is 12.4. The molecule has 3 rings (SSSR count). The van der Waals surface area contributed by atoms with Gasteiger partial charge in [-0.2, -0.15) is 5.10 Å². The van der Waals surface area contributed by atoms with Gasteiger partial charge in [-0.3, -0.25) is 5.32 Å². The molecule has 0 aliphatic heterocycles. The molecule has 0 saturated heterocycles. The number of aromatic nitrogens is 2. The molecular formula is C25H31BrClN3O3Si.